The highest BCUT2D eigenvalue weighted by Gasteiger charge is 2.10. The number of benzene rings is 1. The monoisotopic (exact) mass is 197 g/mol. The van der Waals surface area contributed by atoms with E-state index in [2.05, 4.69) is 0 Å². The van der Waals surface area contributed by atoms with Crippen molar-refractivity contribution in [3.05, 3.63) is 35.1 Å². The molecule has 0 radical (unpaired) electrons. The fourth-order valence-corrected chi connectivity index (χ4v) is 1.51. The Kier molecular flexibility index (Phi) is 4.04. The molecule has 0 saturated carbocycles. The first-order valence-electron chi connectivity index (χ1n) is 4.71. The average molecular weight is 197 g/mol. The van der Waals surface area contributed by atoms with Crippen LogP contribution in [0.3, 0.4) is 0 Å². The lowest BCUT2D eigenvalue weighted by Crippen LogP contribution is -2.17. The maximum Gasteiger partial charge on any atom is 0.123 e. The Morgan fingerprint density at radius 1 is 1.50 bits per heavy atom. The third-order valence-corrected chi connectivity index (χ3v) is 2.23. The van der Waals surface area contributed by atoms with E-state index in [-0.39, 0.29) is 11.9 Å². The predicted octanol–water partition coefficient (Wildman–Crippen LogP) is 2.03. The molecule has 1 rings (SSSR count). The second-order valence-electron chi connectivity index (χ2n) is 3.26. The molecule has 78 valence electrons. The minimum Gasteiger partial charge on any atom is -0.383 e. The molecule has 0 spiro atoms. The maximum absolute atomic E-state index is 12.9. The van der Waals surface area contributed by atoms with Crippen LogP contribution in [0.2, 0.25) is 0 Å². The largest absolute Gasteiger partial charge is 0.383 e. The number of aryl methyl sites for hydroxylation is 1. The summed E-state index contributed by atoms with van der Waals surface area (Å²) in [7, 11) is 1.61. The highest BCUT2D eigenvalue weighted by atomic mass is 19.1. The summed E-state index contributed by atoms with van der Waals surface area (Å²) in [5.41, 5.74) is 7.81. The van der Waals surface area contributed by atoms with Crippen molar-refractivity contribution < 1.29 is 9.13 Å². The van der Waals surface area contributed by atoms with Gasteiger partial charge >= 0.3 is 0 Å². The third-order valence-electron chi connectivity index (χ3n) is 2.23. The minimum absolute atomic E-state index is 0.171. The first kappa shape index (κ1) is 11.1. The van der Waals surface area contributed by atoms with Crippen LogP contribution < -0.4 is 5.73 Å². The summed E-state index contributed by atoms with van der Waals surface area (Å²) in [4.78, 5) is 0. The molecule has 2 N–H and O–H groups in total. The van der Waals surface area contributed by atoms with Gasteiger partial charge in [0, 0.05) is 7.11 Å². The van der Waals surface area contributed by atoms with Gasteiger partial charge in [-0.15, -0.1) is 0 Å². The molecule has 1 atom stereocenters. The number of halogens is 1. The van der Waals surface area contributed by atoms with Crippen LogP contribution in [-0.2, 0) is 11.2 Å². The molecule has 0 aliphatic rings. The Labute approximate surface area is 83.9 Å². The Balaban J connectivity index is 2.95. The molecule has 0 heterocycles. The first-order valence-corrected chi connectivity index (χ1v) is 4.71. The van der Waals surface area contributed by atoms with Crippen LogP contribution in [-0.4, -0.2) is 13.7 Å². The molecule has 14 heavy (non-hydrogen) atoms. The topological polar surface area (TPSA) is 35.2 Å². The Morgan fingerprint density at radius 3 is 2.79 bits per heavy atom. The van der Waals surface area contributed by atoms with E-state index in [0.717, 1.165) is 17.5 Å². The summed E-state index contributed by atoms with van der Waals surface area (Å²) < 4.78 is 17.9. The van der Waals surface area contributed by atoms with Gasteiger partial charge in [0.05, 0.1) is 12.6 Å². The van der Waals surface area contributed by atoms with E-state index in [1.165, 1.54) is 12.1 Å². The molecule has 0 aliphatic carbocycles. The van der Waals surface area contributed by atoms with Crippen molar-refractivity contribution in [2.45, 2.75) is 19.4 Å². The van der Waals surface area contributed by atoms with Gasteiger partial charge in [-0.25, -0.2) is 4.39 Å². The van der Waals surface area contributed by atoms with E-state index in [0.29, 0.717) is 6.61 Å². The van der Waals surface area contributed by atoms with Gasteiger partial charge in [0.1, 0.15) is 5.82 Å². The number of ether oxygens (including phenoxy) is 1. The van der Waals surface area contributed by atoms with E-state index in [4.69, 9.17) is 10.5 Å². The second-order valence-corrected chi connectivity index (χ2v) is 3.26. The first-order chi connectivity index (χ1) is 6.69. The smallest absolute Gasteiger partial charge is 0.123 e. The van der Waals surface area contributed by atoms with Crippen LogP contribution >= 0.6 is 0 Å². The summed E-state index contributed by atoms with van der Waals surface area (Å²) >= 11 is 0. The zero-order valence-corrected chi connectivity index (χ0v) is 8.59. The number of rotatable bonds is 4. The van der Waals surface area contributed by atoms with Gasteiger partial charge in [-0.3, -0.25) is 0 Å². The summed E-state index contributed by atoms with van der Waals surface area (Å²) in [5.74, 6) is -0.213. The molecule has 2 nitrogen and oxygen atoms in total. The van der Waals surface area contributed by atoms with E-state index >= 15 is 0 Å². The molecular formula is C11H16FNO. The molecule has 0 bridgehead atoms. The van der Waals surface area contributed by atoms with Gasteiger partial charge in [0.15, 0.2) is 0 Å². The zero-order chi connectivity index (χ0) is 10.6. The molecule has 0 fully saturated rings. The molecule has 0 aliphatic heterocycles. The fourth-order valence-electron chi connectivity index (χ4n) is 1.51. The van der Waals surface area contributed by atoms with Crippen LogP contribution in [0.5, 0.6) is 0 Å². The summed E-state index contributed by atoms with van der Waals surface area (Å²) in [6.45, 7) is 2.44. The molecule has 0 saturated heterocycles. The van der Waals surface area contributed by atoms with Gasteiger partial charge < -0.3 is 10.5 Å². The van der Waals surface area contributed by atoms with Crippen molar-refractivity contribution in [2.75, 3.05) is 13.7 Å². The molecule has 3 heteroatoms. The number of hydrogen-bond donors (Lipinski definition) is 1. The minimum atomic E-state index is -0.213. The molecule has 0 aromatic heterocycles. The van der Waals surface area contributed by atoms with Crippen LogP contribution in [0, 0.1) is 5.82 Å². The van der Waals surface area contributed by atoms with Gasteiger partial charge in [-0.1, -0.05) is 13.0 Å². The van der Waals surface area contributed by atoms with Crippen molar-refractivity contribution in [3.63, 3.8) is 0 Å². The van der Waals surface area contributed by atoms with Gasteiger partial charge in [0.25, 0.3) is 0 Å². The Morgan fingerprint density at radius 2 is 2.21 bits per heavy atom. The van der Waals surface area contributed by atoms with Gasteiger partial charge in [0.2, 0.25) is 0 Å². The van der Waals surface area contributed by atoms with Crippen molar-refractivity contribution >= 4 is 0 Å². The number of methoxy groups -OCH3 is 1. The molecule has 1 aromatic carbocycles. The Hall–Kier alpha value is -0.930. The van der Waals surface area contributed by atoms with Crippen LogP contribution in [0.15, 0.2) is 18.2 Å². The van der Waals surface area contributed by atoms with E-state index in [1.54, 1.807) is 13.2 Å². The van der Waals surface area contributed by atoms with Gasteiger partial charge in [-0.2, -0.15) is 0 Å². The third kappa shape index (κ3) is 2.53. The lowest BCUT2D eigenvalue weighted by molar-refractivity contribution is 0.180. The lowest BCUT2D eigenvalue weighted by Gasteiger charge is -2.14. The van der Waals surface area contributed by atoms with Crippen molar-refractivity contribution in [3.8, 4) is 0 Å². The van der Waals surface area contributed by atoms with E-state index < -0.39 is 0 Å². The predicted molar refractivity (Wildman–Crippen MR) is 54.6 cm³/mol. The summed E-state index contributed by atoms with van der Waals surface area (Å²) in [6.07, 6.45) is 0.782. The van der Waals surface area contributed by atoms with E-state index in [1.807, 2.05) is 6.92 Å². The van der Waals surface area contributed by atoms with Crippen LogP contribution in [0.4, 0.5) is 4.39 Å². The van der Waals surface area contributed by atoms with Crippen molar-refractivity contribution in [1.82, 2.24) is 0 Å². The van der Waals surface area contributed by atoms with E-state index in [9.17, 15) is 4.39 Å². The van der Waals surface area contributed by atoms with Gasteiger partial charge in [-0.05, 0) is 29.7 Å². The Bertz CT molecular complexity index is 301. The van der Waals surface area contributed by atoms with Crippen LogP contribution in [0.25, 0.3) is 0 Å². The quantitative estimate of drug-likeness (QED) is 0.801. The zero-order valence-electron chi connectivity index (χ0n) is 8.59. The fraction of sp³-hybridized carbons (Fsp3) is 0.455. The summed E-state index contributed by atoms with van der Waals surface area (Å²) in [6, 6.07) is 4.53. The highest BCUT2D eigenvalue weighted by molar-refractivity contribution is 5.30. The number of nitrogens with two attached hydrogens (primary N) is 1. The van der Waals surface area contributed by atoms with Crippen molar-refractivity contribution in [2.24, 2.45) is 5.73 Å². The average Bonchev–Trinajstić information content (AvgIpc) is 2.17. The SMILES string of the molecule is CCc1cc(F)ccc1C(N)COC. The lowest BCUT2D eigenvalue weighted by atomic mass is 9.99. The van der Waals surface area contributed by atoms with Crippen LogP contribution in [0.1, 0.15) is 24.1 Å². The normalized spacial score (nSPS) is 12.9. The standard InChI is InChI=1S/C11H16FNO/c1-3-8-6-9(12)4-5-10(8)11(13)7-14-2/h4-6,11H,3,7,13H2,1-2H3. The molecular weight excluding hydrogens is 181 g/mol. The maximum atomic E-state index is 12.9. The highest BCUT2D eigenvalue weighted by Crippen LogP contribution is 2.18. The molecule has 1 unspecified atom stereocenters. The summed E-state index contributed by atoms with van der Waals surface area (Å²) in [5, 5.41) is 0. The molecule has 1 aromatic rings. The molecule has 0 amide bonds. The number of hydrogen-bond acceptors (Lipinski definition) is 2. The second kappa shape index (κ2) is 5.08. The van der Waals surface area contributed by atoms with Crippen molar-refractivity contribution in [1.29, 1.82) is 0 Å².